The zero-order valence-corrected chi connectivity index (χ0v) is 10.5. The standard InChI is InChI=1S/C14H13N3S/c15-17-14(13-4-2-8-18-13)11-5-6-12-10(9-11)3-1-7-16-12/h1-9,14,17H,15H2. The van der Waals surface area contributed by atoms with E-state index in [-0.39, 0.29) is 6.04 Å². The van der Waals surface area contributed by atoms with Crippen molar-refractivity contribution >= 4 is 22.2 Å². The van der Waals surface area contributed by atoms with Crippen molar-refractivity contribution in [1.29, 1.82) is 0 Å². The number of thiophene rings is 1. The molecular weight excluding hydrogens is 242 g/mol. The highest BCUT2D eigenvalue weighted by atomic mass is 32.1. The Hall–Kier alpha value is -1.75. The molecule has 2 heterocycles. The Bertz CT molecular complexity index is 649. The van der Waals surface area contributed by atoms with Gasteiger partial charge in [-0.15, -0.1) is 11.3 Å². The minimum Gasteiger partial charge on any atom is -0.271 e. The number of nitrogens with one attached hydrogen (secondary N) is 1. The average Bonchev–Trinajstić information content (AvgIpc) is 2.93. The highest BCUT2D eigenvalue weighted by Crippen LogP contribution is 2.27. The number of hydrogen-bond donors (Lipinski definition) is 2. The predicted octanol–water partition coefficient (Wildman–Crippen LogP) is 2.85. The molecule has 4 heteroatoms. The van der Waals surface area contributed by atoms with Crippen molar-refractivity contribution in [1.82, 2.24) is 10.4 Å². The topological polar surface area (TPSA) is 50.9 Å². The van der Waals surface area contributed by atoms with E-state index in [0.717, 1.165) is 16.5 Å². The molecule has 0 aliphatic heterocycles. The molecule has 3 nitrogen and oxygen atoms in total. The molecule has 0 amide bonds. The molecule has 3 N–H and O–H groups in total. The number of hydrazine groups is 1. The monoisotopic (exact) mass is 255 g/mol. The maximum Gasteiger partial charge on any atom is 0.0802 e. The molecule has 0 bridgehead atoms. The van der Waals surface area contributed by atoms with Gasteiger partial charge in [0.15, 0.2) is 0 Å². The summed E-state index contributed by atoms with van der Waals surface area (Å²) in [6, 6.07) is 14.4. The molecule has 90 valence electrons. The first-order chi connectivity index (χ1) is 8.88. The van der Waals surface area contributed by atoms with Crippen molar-refractivity contribution < 1.29 is 0 Å². The van der Waals surface area contributed by atoms with E-state index in [2.05, 4.69) is 40.1 Å². The summed E-state index contributed by atoms with van der Waals surface area (Å²) in [5.74, 6) is 5.68. The van der Waals surface area contributed by atoms with Crippen LogP contribution in [0.3, 0.4) is 0 Å². The Morgan fingerprint density at radius 1 is 1.17 bits per heavy atom. The Kier molecular flexibility index (Phi) is 3.06. The molecular formula is C14H13N3S. The van der Waals surface area contributed by atoms with Gasteiger partial charge in [-0.3, -0.25) is 10.8 Å². The predicted molar refractivity (Wildman–Crippen MR) is 75.2 cm³/mol. The lowest BCUT2D eigenvalue weighted by Gasteiger charge is -2.15. The summed E-state index contributed by atoms with van der Waals surface area (Å²) >= 11 is 1.70. The summed E-state index contributed by atoms with van der Waals surface area (Å²) in [4.78, 5) is 5.53. The Balaban J connectivity index is 2.07. The largest absolute Gasteiger partial charge is 0.271 e. The van der Waals surface area contributed by atoms with Crippen LogP contribution in [0.4, 0.5) is 0 Å². The van der Waals surface area contributed by atoms with E-state index in [4.69, 9.17) is 5.84 Å². The van der Waals surface area contributed by atoms with E-state index in [9.17, 15) is 0 Å². The second-order valence-electron chi connectivity index (χ2n) is 4.07. The van der Waals surface area contributed by atoms with E-state index >= 15 is 0 Å². The van der Waals surface area contributed by atoms with Gasteiger partial charge in [-0.2, -0.15) is 0 Å². The van der Waals surface area contributed by atoms with Gasteiger partial charge in [0.25, 0.3) is 0 Å². The third kappa shape index (κ3) is 2.01. The van der Waals surface area contributed by atoms with Gasteiger partial charge >= 0.3 is 0 Å². The maximum absolute atomic E-state index is 5.68. The molecule has 0 saturated carbocycles. The lowest BCUT2D eigenvalue weighted by molar-refractivity contribution is 0.647. The Morgan fingerprint density at radius 2 is 2.11 bits per heavy atom. The van der Waals surface area contributed by atoms with Gasteiger partial charge in [-0.1, -0.05) is 18.2 Å². The summed E-state index contributed by atoms with van der Waals surface area (Å²) in [6.07, 6.45) is 1.81. The van der Waals surface area contributed by atoms with Crippen LogP contribution < -0.4 is 11.3 Å². The van der Waals surface area contributed by atoms with E-state index in [0.29, 0.717) is 0 Å². The highest BCUT2D eigenvalue weighted by molar-refractivity contribution is 7.10. The molecule has 0 aliphatic carbocycles. The highest BCUT2D eigenvalue weighted by Gasteiger charge is 2.13. The van der Waals surface area contributed by atoms with E-state index in [1.165, 1.54) is 4.88 Å². The fourth-order valence-corrected chi connectivity index (χ4v) is 2.88. The number of hydrogen-bond acceptors (Lipinski definition) is 4. The van der Waals surface area contributed by atoms with Gasteiger partial charge in [-0.05, 0) is 35.2 Å². The average molecular weight is 255 g/mol. The van der Waals surface area contributed by atoms with Crippen molar-refractivity contribution in [3.63, 3.8) is 0 Å². The van der Waals surface area contributed by atoms with Crippen LogP contribution >= 0.6 is 11.3 Å². The summed E-state index contributed by atoms with van der Waals surface area (Å²) < 4.78 is 0. The Morgan fingerprint density at radius 3 is 2.89 bits per heavy atom. The van der Waals surface area contributed by atoms with Crippen LogP contribution in [0.2, 0.25) is 0 Å². The van der Waals surface area contributed by atoms with Crippen molar-refractivity contribution in [2.45, 2.75) is 6.04 Å². The first-order valence-corrected chi connectivity index (χ1v) is 6.60. The molecule has 0 spiro atoms. The smallest absolute Gasteiger partial charge is 0.0802 e. The lowest BCUT2D eigenvalue weighted by atomic mass is 10.0. The second-order valence-corrected chi connectivity index (χ2v) is 5.05. The van der Waals surface area contributed by atoms with Crippen molar-refractivity contribution in [2.24, 2.45) is 5.84 Å². The lowest BCUT2D eigenvalue weighted by Crippen LogP contribution is -2.28. The number of rotatable bonds is 3. The van der Waals surface area contributed by atoms with Crippen LogP contribution in [0, 0.1) is 0 Å². The fourth-order valence-electron chi connectivity index (χ4n) is 2.07. The Labute approximate surface area is 109 Å². The first kappa shape index (κ1) is 11.3. The minimum atomic E-state index is 0.0367. The number of pyridine rings is 1. The molecule has 2 aromatic heterocycles. The number of nitrogens with zero attached hydrogens (tertiary/aromatic N) is 1. The van der Waals surface area contributed by atoms with E-state index in [1.807, 2.05) is 18.2 Å². The van der Waals surface area contributed by atoms with Crippen molar-refractivity contribution in [3.8, 4) is 0 Å². The molecule has 3 rings (SSSR count). The molecule has 1 atom stereocenters. The van der Waals surface area contributed by atoms with Crippen LogP contribution in [0.5, 0.6) is 0 Å². The van der Waals surface area contributed by atoms with Gasteiger partial charge < -0.3 is 0 Å². The molecule has 1 aromatic carbocycles. The van der Waals surface area contributed by atoms with Crippen molar-refractivity contribution in [2.75, 3.05) is 0 Å². The normalized spacial score (nSPS) is 12.7. The maximum atomic E-state index is 5.68. The van der Waals surface area contributed by atoms with Gasteiger partial charge in [-0.25, -0.2) is 5.43 Å². The molecule has 18 heavy (non-hydrogen) atoms. The number of nitrogens with two attached hydrogens (primary N) is 1. The molecule has 1 unspecified atom stereocenters. The van der Waals surface area contributed by atoms with Crippen LogP contribution in [0.25, 0.3) is 10.9 Å². The van der Waals surface area contributed by atoms with Crippen LogP contribution in [0.1, 0.15) is 16.5 Å². The number of aromatic nitrogens is 1. The minimum absolute atomic E-state index is 0.0367. The van der Waals surface area contributed by atoms with Crippen LogP contribution in [-0.4, -0.2) is 4.98 Å². The SMILES string of the molecule is NNC(c1ccc2ncccc2c1)c1cccs1. The van der Waals surface area contributed by atoms with Gasteiger partial charge in [0.1, 0.15) is 0 Å². The number of fused-ring (bicyclic) bond motifs is 1. The molecule has 0 radical (unpaired) electrons. The fraction of sp³-hybridized carbons (Fsp3) is 0.0714. The van der Waals surface area contributed by atoms with Crippen LogP contribution in [-0.2, 0) is 0 Å². The van der Waals surface area contributed by atoms with Gasteiger partial charge in [0.05, 0.1) is 11.6 Å². The third-order valence-corrected chi connectivity index (χ3v) is 3.89. The quantitative estimate of drug-likeness (QED) is 0.559. The van der Waals surface area contributed by atoms with E-state index in [1.54, 1.807) is 17.5 Å². The van der Waals surface area contributed by atoms with Crippen LogP contribution in [0.15, 0.2) is 54.0 Å². The van der Waals surface area contributed by atoms with Gasteiger partial charge in [0.2, 0.25) is 0 Å². The summed E-state index contributed by atoms with van der Waals surface area (Å²) in [7, 11) is 0. The first-order valence-electron chi connectivity index (χ1n) is 5.73. The molecule has 0 aliphatic rings. The zero-order chi connectivity index (χ0) is 12.4. The van der Waals surface area contributed by atoms with E-state index < -0.39 is 0 Å². The molecule has 0 saturated heterocycles. The second kappa shape index (κ2) is 4.86. The summed E-state index contributed by atoms with van der Waals surface area (Å²) in [6.45, 7) is 0. The summed E-state index contributed by atoms with van der Waals surface area (Å²) in [5.41, 5.74) is 5.03. The third-order valence-electron chi connectivity index (χ3n) is 2.95. The number of benzene rings is 1. The molecule has 0 fully saturated rings. The van der Waals surface area contributed by atoms with Gasteiger partial charge in [0, 0.05) is 16.5 Å². The molecule has 3 aromatic rings. The summed E-state index contributed by atoms with van der Waals surface area (Å²) in [5, 5.41) is 3.19. The zero-order valence-electron chi connectivity index (χ0n) is 9.71. The van der Waals surface area contributed by atoms with Crippen molar-refractivity contribution in [3.05, 3.63) is 64.5 Å².